The summed E-state index contributed by atoms with van der Waals surface area (Å²) in [7, 11) is 0. The van der Waals surface area contributed by atoms with Crippen LogP contribution in [0, 0.1) is 0 Å². The molecule has 0 amide bonds. The highest BCUT2D eigenvalue weighted by Gasteiger charge is 2.19. The zero-order valence-corrected chi connectivity index (χ0v) is 8.84. The zero-order valence-electron chi connectivity index (χ0n) is 8.84. The third-order valence-corrected chi connectivity index (χ3v) is 2.20. The predicted octanol–water partition coefficient (Wildman–Crippen LogP) is 1.95. The maximum absolute atomic E-state index is 5.67. The molecule has 1 atom stereocenters. The van der Waals surface area contributed by atoms with Crippen molar-refractivity contribution in [2.45, 2.75) is 45.5 Å². The van der Waals surface area contributed by atoms with Crippen LogP contribution in [0.1, 0.15) is 33.6 Å². The average Bonchev–Trinajstić information content (AvgIpc) is 2.06. The van der Waals surface area contributed by atoms with Gasteiger partial charge >= 0.3 is 0 Å². The third kappa shape index (κ3) is 4.60. The van der Waals surface area contributed by atoms with Crippen molar-refractivity contribution in [3.63, 3.8) is 0 Å². The molecule has 3 heteroatoms. The van der Waals surface area contributed by atoms with Crippen LogP contribution in [0.25, 0.3) is 0 Å². The van der Waals surface area contributed by atoms with Gasteiger partial charge in [-0.25, -0.2) is 0 Å². The molecule has 1 aliphatic heterocycles. The molecule has 13 heavy (non-hydrogen) atoms. The van der Waals surface area contributed by atoms with Crippen LogP contribution in [0.15, 0.2) is 0 Å². The van der Waals surface area contributed by atoms with E-state index in [4.69, 9.17) is 14.2 Å². The predicted molar refractivity (Wildman–Crippen MR) is 50.6 cm³/mol. The van der Waals surface area contributed by atoms with E-state index < -0.39 is 0 Å². The van der Waals surface area contributed by atoms with Gasteiger partial charge in [-0.2, -0.15) is 0 Å². The van der Waals surface area contributed by atoms with Crippen molar-refractivity contribution in [3.05, 3.63) is 0 Å². The molecule has 3 nitrogen and oxygen atoms in total. The van der Waals surface area contributed by atoms with Crippen LogP contribution in [-0.2, 0) is 14.2 Å². The van der Waals surface area contributed by atoms with E-state index in [1.165, 1.54) is 0 Å². The van der Waals surface area contributed by atoms with E-state index in [1.54, 1.807) is 0 Å². The van der Waals surface area contributed by atoms with Crippen molar-refractivity contribution < 1.29 is 14.2 Å². The van der Waals surface area contributed by atoms with Crippen LogP contribution in [-0.4, -0.2) is 31.7 Å². The van der Waals surface area contributed by atoms with Gasteiger partial charge in [-0.05, 0) is 33.6 Å². The normalized spacial score (nSPS) is 31.2. The fourth-order valence-corrected chi connectivity index (χ4v) is 1.40. The molecule has 78 valence electrons. The highest BCUT2D eigenvalue weighted by molar-refractivity contribution is 4.68. The van der Waals surface area contributed by atoms with Gasteiger partial charge in [-0.15, -0.1) is 0 Å². The number of hydrogen-bond donors (Lipinski definition) is 0. The van der Waals surface area contributed by atoms with Crippen LogP contribution in [0.4, 0.5) is 0 Å². The zero-order chi connectivity index (χ0) is 9.73. The Hall–Kier alpha value is -0.120. The summed E-state index contributed by atoms with van der Waals surface area (Å²) < 4.78 is 16.5. The minimum absolute atomic E-state index is 0.0344. The monoisotopic (exact) mass is 188 g/mol. The standard InChI is InChI=1S/C10H20O3/c1-9-11-6-4-5-10(2,3)13-8-7-12-9/h9H,4-8H2,1-3H3. The van der Waals surface area contributed by atoms with Gasteiger partial charge in [0.05, 0.1) is 18.8 Å². The molecule has 0 aliphatic carbocycles. The van der Waals surface area contributed by atoms with E-state index >= 15 is 0 Å². The lowest BCUT2D eigenvalue weighted by Gasteiger charge is -2.27. The molecule has 0 aromatic heterocycles. The lowest BCUT2D eigenvalue weighted by Crippen LogP contribution is -2.29. The van der Waals surface area contributed by atoms with Crippen LogP contribution < -0.4 is 0 Å². The second-order valence-corrected chi connectivity index (χ2v) is 4.02. The number of ether oxygens (including phenoxy) is 3. The molecule has 0 saturated carbocycles. The van der Waals surface area contributed by atoms with Gasteiger partial charge in [-0.3, -0.25) is 0 Å². The second kappa shape index (κ2) is 4.94. The largest absolute Gasteiger partial charge is 0.373 e. The van der Waals surface area contributed by atoms with Gasteiger partial charge in [0.25, 0.3) is 0 Å². The van der Waals surface area contributed by atoms with E-state index in [0.29, 0.717) is 13.2 Å². The quantitative estimate of drug-likeness (QED) is 0.581. The van der Waals surface area contributed by atoms with Gasteiger partial charge in [-0.1, -0.05) is 0 Å². The molecular formula is C10H20O3. The van der Waals surface area contributed by atoms with E-state index in [2.05, 4.69) is 13.8 Å². The minimum atomic E-state index is -0.0928. The smallest absolute Gasteiger partial charge is 0.154 e. The minimum Gasteiger partial charge on any atom is -0.373 e. The van der Waals surface area contributed by atoms with Gasteiger partial charge in [0.15, 0.2) is 6.29 Å². The summed E-state index contributed by atoms with van der Waals surface area (Å²) in [5.41, 5.74) is -0.0344. The van der Waals surface area contributed by atoms with E-state index in [1.807, 2.05) is 6.92 Å². The van der Waals surface area contributed by atoms with Crippen LogP contribution >= 0.6 is 0 Å². The lowest BCUT2D eigenvalue weighted by atomic mass is 10.0. The molecule has 1 unspecified atom stereocenters. The summed E-state index contributed by atoms with van der Waals surface area (Å²) in [6, 6.07) is 0. The molecular weight excluding hydrogens is 168 g/mol. The number of hydrogen-bond acceptors (Lipinski definition) is 3. The maximum Gasteiger partial charge on any atom is 0.154 e. The first-order chi connectivity index (χ1) is 6.10. The third-order valence-electron chi connectivity index (χ3n) is 2.20. The van der Waals surface area contributed by atoms with Crippen LogP contribution in [0.2, 0.25) is 0 Å². The SMILES string of the molecule is CC1OCCCC(C)(C)OCCO1. The highest BCUT2D eigenvalue weighted by Crippen LogP contribution is 2.17. The Balaban J connectivity index is 2.33. The van der Waals surface area contributed by atoms with Gasteiger partial charge < -0.3 is 14.2 Å². The Labute approximate surface area is 80.4 Å². The summed E-state index contributed by atoms with van der Waals surface area (Å²) in [5.74, 6) is 0. The molecule has 1 aliphatic rings. The maximum atomic E-state index is 5.67. The average molecular weight is 188 g/mol. The van der Waals surface area contributed by atoms with Crippen LogP contribution in [0.3, 0.4) is 0 Å². The Bertz CT molecular complexity index is 131. The topological polar surface area (TPSA) is 27.7 Å². The van der Waals surface area contributed by atoms with Crippen molar-refractivity contribution in [2.24, 2.45) is 0 Å². The molecule has 1 heterocycles. The fraction of sp³-hybridized carbons (Fsp3) is 1.00. The van der Waals surface area contributed by atoms with Crippen molar-refractivity contribution in [1.82, 2.24) is 0 Å². The Kier molecular flexibility index (Phi) is 4.16. The first-order valence-electron chi connectivity index (χ1n) is 4.97. The molecule has 0 bridgehead atoms. The van der Waals surface area contributed by atoms with Crippen molar-refractivity contribution in [2.75, 3.05) is 19.8 Å². The molecule has 0 aromatic rings. The van der Waals surface area contributed by atoms with E-state index in [9.17, 15) is 0 Å². The van der Waals surface area contributed by atoms with E-state index in [0.717, 1.165) is 19.4 Å². The summed E-state index contributed by atoms with van der Waals surface area (Å²) in [5, 5.41) is 0. The first kappa shape index (κ1) is 11.0. The molecule has 0 spiro atoms. The molecule has 1 saturated heterocycles. The molecule has 1 fully saturated rings. The number of rotatable bonds is 0. The summed E-state index contributed by atoms with van der Waals surface area (Å²) in [4.78, 5) is 0. The Morgan fingerprint density at radius 3 is 2.54 bits per heavy atom. The van der Waals surface area contributed by atoms with Crippen molar-refractivity contribution in [1.29, 1.82) is 0 Å². The summed E-state index contributed by atoms with van der Waals surface area (Å²) in [6.45, 7) is 8.17. The van der Waals surface area contributed by atoms with Crippen molar-refractivity contribution >= 4 is 0 Å². The molecule has 0 aromatic carbocycles. The molecule has 0 radical (unpaired) electrons. The van der Waals surface area contributed by atoms with Gasteiger partial charge in [0.1, 0.15) is 0 Å². The molecule has 0 N–H and O–H groups in total. The first-order valence-corrected chi connectivity index (χ1v) is 4.97. The van der Waals surface area contributed by atoms with Gasteiger partial charge in [0, 0.05) is 6.61 Å². The second-order valence-electron chi connectivity index (χ2n) is 4.02. The highest BCUT2D eigenvalue weighted by atomic mass is 16.7. The van der Waals surface area contributed by atoms with Crippen LogP contribution in [0.5, 0.6) is 0 Å². The molecule has 1 rings (SSSR count). The lowest BCUT2D eigenvalue weighted by molar-refractivity contribution is -0.161. The summed E-state index contributed by atoms with van der Waals surface area (Å²) >= 11 is 0. The van der Waals surface area contributed by atoms with Crippen molar-refractivity contribution in [3.8, 4) is 0 Å². The Morgan fingerprint density at radius 1 is 1.08 bits per heavy atom. The van der Waals surface area contributed by atoms with Gasteiger partial charge in [0.2, 0.25) is 0 Å². The Morgan fingerprint density at radius 2 is 1.77 bits per heavy atom. The van der Waals surface area contributed by atoms with E-state index in [-0.39, 0.29) is 11.9 Å². The summed E-state index contributed by atoms with van der Waals surface area (Å²) in [6.07, 6.45) is 1.98. The fourth-order valence-electron chi connectivity index (χ4n) is 1.40.